The van der Waals surface area contributed by atoms with Gasteiger partial charge in [-0.15, -0.1) is 0 Å². The summed E-state index contributed by atoms with van der Waals surface area (Å²) in [5.74, 6) is 0.626. The van der Waals surface area contributed by atoms with Crippen LogP contribution in [0.2, 0.25) is 5.02 Å². The molecule has 0 saturated carbocycles. The fraction of sp³-hybridized carbons (Fsp3) is 0.419. The number of anilines is 1. The van der Waals surface area contributed by atoms with Crippen LogP contribution in [0.4, 0.5) is 5.69 Å². The SMILES string of the molecule is C[C@H](O)COc1ccc(N2CCN(C[C@@](C)(O)c3ccc(C(C)(C)O)cc3)C[C@H]2c2ccccc2)c(Cl)c1. The molecule has 3 aromatic rings. The van der Waals surface area contributed by atoms with Crippen molar-refractivity contribution in [3.8, 4) is 5.75 Å². The van der Waals surface area contributed by atoms with Crippen LogP contribution in [0, 0.1) is 0 Å². The van der Waals surface area contributed by atoms with Crippen molar-refractivity contribution in [1.29, 1.82) is 0 Å². The highest BCUT2D eigenvalue weighted by Gasteiger charge is 2.34. The van der Waals surface area contributed by atoms with Gasteiger partial charge in [-0.1, -0.05) is 66.2 Å². The third kappa shape index (κ3) is 6.87. The van der Waals surface area contributed by atoms with E-state index in [1.54, 1.807) is 26.8 Å². The van der Waals surface area contributed by atoms with Crippen LogP contribution in [-0.4, -0.2) is 59.1 Å². The Labute approximate surface area is 231 Å². The third-order valence-corrected chi connectivity index (χ3v) is 7.42. The topological polar surface area (TPSA) is 76.4 Å². The van der Waals surface area contributed by atoms with Crippen molar-refractivity contribution in [2.45, 2.75) is 51.0 Å². The van der Waals surface area contributed by atoms with Crippen LogP contribution in [0.25, 0.3) is 0 Å². The van der Waals surface area contributed by atoms with Crippen molar-refractivity contribution in [1.82, 2.24) is 4.90 Å². The molecule has 0 bridgehead atoms. The zero-order chi connectivity index (χ0) is 27.5. The normalized spacial score (nSPS) is 19.2. The lowest BCUT2D eigenvalue weighted by molar-refractivity contribution is 0.0101. The Morgan fingerprint density at radius 3 is 2.21 bits per heavy atom. The summed E-state index contributed by atoms with van der Waals surface area (Å²) in [7, 11) is 0. The second kappa shape index (κ2) is 11.6. The van der Waals surface area contributed by atoms with Gasteiger partial charge in [-0.25, -0.2) is 0 Å². The lowest BCUT2D eigenvalue weighted by Crippen LogP contribution is -2.52. The minimum absolute atomic E-state index is 0.0417. The Morgan fingerprint density at radius 1 is 0.947 bits per heavy atom. The number of piperazine rings is 1. The summed E-state index contributed by atoms with van der Waals surface area (Å²) in [6, 6.07) is 23.6. The van der Waals surface area contributed by atoms with E-state index in [1.807, 2.05) is 61.5 Å². The number of hydrogen-bond donors (Lipinski definition) is 3. The molecule has 1 fully saturated rings. The highest BCUT2D eigenvalue weighted by atomic mass is 35.5. The molecule has 6 nitrogen and oxygen atoms in total. The molecular weight excluding hydrogens is 500 g/mol. The third-order valence-electron chi connectivity index (χ3n) is 7.11. The van der Waals surface area contributed by atoms with E-state index in [1.165, 1.54) is 5.56 Å². The van der Waals surface area contributed by atoms with Crippen LogP contribution < -0.4 is 9.64 Å². The molecule has 204 valence electrons. The van der Waals surface area contributed by atoms with Crippen LogP contribution >= 0.6 is 11.6 Å². The monoisotopic (exact) mass is 538 g/mol. The van der Waals surface area contributed by atoms with Crippen molar-refractivity contribution in [2.75, 3.05) is 37.7 Å². The first-order valence-corrected chi connectivity index (χ1v) is 13.5. The molecule has 3 N–H and O–H groups in total. The summed E-state index contributed by atoms with van der Waals surface area (Å²) in [5, 5.41) is 31.9. The molecular formula is C31H39ClN2O4. The Morgan fingerprint density at radius 2 is 1.61 bits per heavy atom. The van der Waals surface area contributed by atoms with E-state index in [0.717, 1.165) is 36.4 Å². The average Bonchev–Trinajstić information content (AvgIpc) is 2.87. The smallest absolute Gasteiger partial charge is 0.121 e. The predicted molar refractivity (Wildman–Crippen MR) is 153 cm³/mol. The molecule has 1 aliphatic heterocycles. The van der Waals surface area contributed by atoms with Gasteiger partial charge in [0.15, 0.2) is 0 Å². The van der Waals surface area contributed by atoms with Crippen molar-refractivity contribution in [3.05, 3.63) is 94.5 Å². The molecule has 3 atom stereocenters. The molecule has 38 heavy (non-hydrogen) atoms. The van der Waals surface area contributed by atoms with E-state index < -0.39 is 17.3 Å². The highest BCUT2D eigenvalue weighted by Crippen LogP contribution is 2.38. The van der Waals surface area contributed by atoms with Crippen LogP contribution in [0.3, 0.4) is 0 Å². The molecule has 0 aromatic heterocycles. The van der Waals surface area contributed by atoms with Crippen LogP contribution in [0.15, 0.2) is 72.8 Å². The second-order valence-electron chi connectivity index (χ2n) is 11.0. The van der Waals surface area contributed by atoms with Crippen molar-refractivity contribution in [3.63, 3.8) is 0 Å². The Balaban J connectivity index is 1.54. The summed E-state index contributed by atoms with van der Waals surface area (Å²) < 4.78 is 5.64. The van der Waals surface area contributed by atoms with Gasteiger partial charge in [-0.3, -0.25) is 4.90 Å². The number of aliphatic hydroxyl groups is 3. The van der Waals surface area contributed by atoms with Gasteiger partial charge in [-0.05, 0) is 56.5 Å². The molecule has 7 heteroatoms. The van der Waals surface area contributed by atoms with Crippen LogP contribution in [-0.2, 0) is 11.2 Å². The molecule has 3 aromatic carbocycles. The van der Waals surface area contributed by atoms with Crippen LogP contribution in [0.1, 0.15) is 50.4 Å². The lowest BCUT2D eigenvalue weighted by Gasteiger charge is -2.45. The molecule has 0 radical (unpaired) electrons. The van der Waals surface area contributed by atoms with Gasteiger partial charge in [-0.2, -0.15) is 0 Å². The summed E-state index contributed by atoms with van der Waals surface area (Å²) in [4.78, 5) is 4.62. The molecule has 0 unspecified atom stereocenters. The maximum absolute atomic E-state index is 11.5. The van der Waals surface area contributed by atoms with Gasteiger partial charge in [0, 0.05) is 32.2 Å². The van der Waals surface area contributed by atoms with Gasteiger partial charge in [0.05, 0.1) is 34.1 Å². The van der Waals surface area contributed by atoms with Gasteiger partial charge in [0.2, 0.25) is 0 Å². The summed E-state index contributed by atoms with van der Waals surface area (Å²) in [6.07, 6.45) is -0.555. The van der Waals surface area contributed by atoms with Gasteiger partial charge in [0.1, 0.15) is 12.4 Å². The molecule has 4 rings (SSSR count). The Bertz CT molecular complexity index is 1190. The number of benzene rings is 3. The van der Waals surface area contributed by atoms with E-state index in [0.29, 0.717) is 17.3 Å². The lowest BCUT2D eigenvalue weighted by atomic mass is 9.90. The number of aliphatic hydroxyl groups excluding tert-OH is 1. The first kappa shape index (κ1) is 28.4. The van der Waals surface area contributed by atoms with Crippen molar-refractivity contribution < 1.29 is 20.1 Å². The predicted octanol–water partition coefficient (Wildman–Crippen LogP) is 5.10. The molecule has 1 saturated heterocycles. The minimum Gasteiger partial charge on any atom is -0.491 e. The van der Waals surface area contributed by atoms with E-state index >= 15 is 0 Å². The van der Waals surface area contributed by atoms with E-state index in [4.69, 9.17) is 16.3 Å². The minimum atomic E-state index is -1.05. The zero-order valence-electron chi connectivity index (χ0n) is 22.6. The Kier molecular flexibility index (Phi) is 8.70. The first-order valence-electron chi connectivity index (χ1n) is 13.1. The quantitative estimate of drug-likeness (QED) is 0.352. The molecule has 0 amide bonds. The fourth-order valence-electron chi connectivity index (χ4n) is 5.02. The zero-order valence-corrected chi connectivity index (χ0v) is 23.4. The highest BCUT2D eigenvalue weighted by molar-refractivity contribution is 6.33. The molecule has 0 spiro atoms. The largest absolute Gasteiger partial charge is 0.491 e. The van der Waals surface area contributed by atoms with E-state index in [2.05, 4.69) is 21.9 Å². The first-order chi connectivity index (χ1) is 17.9. The number of halogens is 1. The summed E-state index contributed by atoms with van der Waals surface area (Å²) >= 11 is 6.74. The van der Waals surface area contributed by atoms with Crippen molar-refractivity contribution in [2.24, 2.45) is 0 Å². The Hall–Kier alpha value is -2.61. The standard InChI is InChI=1S/C31H39ClN2O4/c1-22(35)20-38-26-14-15-28(27(32)18-26)34-17-16-33(19-29(34)23-8-6-5-7-9-23)21-31(4,37)25-12-10-24(11-13-25)30(2,3)36/h5-15,18,22,29,35-37H,16-17,19-21H2,1-4H3/t22-,29-,31+/m0/s1. The van der Waals surface area contributed by atoms with Gasteiger partial charge >= 0.3 is 0 Å². The van der Waals surface area contributed by atoms with E-state index in [-0.39, 0.29) is 12.6 Å². The number of β-amino-alcohol motifs (C(OH)–C–C–N with tert-alkyl or cyclic N) is 1. The van der Waals surface area contributed by atoms with Gasteiger partial charge < -0.3 is 25.0 Å². The van der Waals surface area contributed by atoms with Crippen molar-refractivity contribution >= 4 is 17.3 Å². The number of rotatable bonds is 9. The number of ether oxygens (including phenoxy) is 1. The van der Waals surface area contributed by atoms with Gasteiger partial charge in [0.25, 0.3) is 0 Å². The number of nitrogens with zero attached hydrogens (tertiary/aromatic N) is 2. The number of hydrogen-bond acceptors (Lipinski definition) is 6. The molecule has 0 aliphatic carbocycles. The fourth-order valence-corrected chi connectivity index (χ4v) is 5.30. The second-order valence-corrected chi connectivity index (χ2v) is 11.4. The maximum atomic E-state index is 11.5. The summed E-state index contributed by atoms with van der Waals surface area (Å²) in [5.41, 5.74) is 1.76. The average molecular weight is 539 g/mol. The summed E-state index contributed by atoms with van der Waals surface area (Å²) in [6.45, 7) is 9.95. The molecule has 1 heterocycles. The van der Waals surface area contributed by atoms with Crippen LogP contribution in [0.5, 0.6) is 5.75 Å². The van der Waals surface area contributed by atoms with E-state index in [9.17, 15) is 15.3 Å². The molecule has 1 aliphatic rings. The maximum Gasteiger partial charge on any atom is 0.121 e.